The normalized spacial score (nSPS) is 29.2. The number of ether oxygens (including phenoxy) is 2. The number of likely N-dealkylation sites (tertiary alicyclic amines) is 2. The second-order valence-corrected chi connectivity index (χ2v) is 18.9. The molecule has 4 atom stereocenters. The zero-order valence-electron chi connectivity index (χ0n) is 31.0. The molecular weight excluding hydrogens is 695 g/mol. The van der Waals surface area contributed by atoms with Gasteiger partial charge in [-0.15, -0.1) is 0 Å². The monoisotopic (exact) mass is 743 g/mol. The van der Waals surface area contributed by atoms with Gasteiger partial charge in [-0.25, -0.2) is 17.9 Å². The van der Waals surface area contributed by atoms with Crippen LogP contribution in [-0.2, 0) is 30.9 Å². The molecule has 1 saturated carbocycles. The molecule has 0 radical (unpaired) electrons. The molecule has 53 heavy (non-hydrogen) atoms. The lowest BCUT2D eigenvalue weighted by molar-refractivity contribution is -0.136. The molecule has 1 aromatic heterocycles. The maximum Gasteiger partial charge on any atom is 0.317 e. The van der Waals surface area contributed by atoms with Crippen LogP contribution < -0.4 is 14.8 Å². The number of fused-ring (bicyclic) bond motifs is 6. The number of carbonyl (C=O) groups is 3. The van der Waals surface area contributed by atoms with Crippen molar-refractivity contribution in [2.45, 2.75) is 76.0 Å². The van der Waals surface area contributed by atoms with E-state index in [2.05, 4.69) is 32.8 Å². The summed E-state index contributed by atoms with van der Waals surface area (Å²) >= 11 is 0. The molecule has 4 fully saturated rings. The quantitative estimate of drug-likeness (QED) is 0.449. The van der Waals surface area contributed by atoms with Gasteiger partial charge in [-0.1, -0.05) is 37.5 Å². The van der Waals surface area contributed by atoms with Crippen molar-refractivity contribution in [2.24, 2.45) is 16.7 Å². The summed E-state index contributed by atoms with van der Waals surface area (Å²) in [6.07, 6.45) is 10.4. The van der Waals surface area contributed by atoms with Crippen molar-refractivity contribution in [3.8, 4) is 5.75 Å². The molecule has 7 aliphatic rings. The van der Waals surface area contributed by atoms with Crippen LogP contribution in [-0.4, -0.2) is 99.4 Å². The number of nitrogens with zero attached hydrogens (tertiary/aromatic N) is 3. The summed E-state index contributed by atoms with van der Waals surface area (Å²) in [6.45, 7) is 6.66. The van der Waals surface area contributed by atoms with Crippen molar-refractivity contribution in [3.05, 3.63) is 63.9 Å². The number of aromatic nitrogens is 1. The van der Waals surface area contributed by atoms with Crippen LogP contribution in [0.1, 0.15) is 75.5 Å². The molecule has 12 nitrogen and oxygen atoms in total. The number of benzene rings is 1. The SMILES string of the molecule is CNC(=O)N1CC23COCC2(C1)CN(C(=O)[C@@H]1CC=CC2=C4C(=C4C(=O)NS(=O)(=O)C(C)C)Cn4c(cc5c(OC)ccc(C6CCCCC6)c54)[C@H]21)C3. The van der Waals surface area contributed by atoms with E-state index >= 15 is 4.79 Å². The van der Waals surface area contributed by atoms with E-state index in [1.54, 1.807) is 28.0 Å². The van der Waals surface area contributed by atoms with E-state index in [0.717, 1.165) is 51.9 Å². The highest BCUT2D eigenvalue weighted by Gasteiger charge is 2.68. The number of carbonyl (C=O) groups excluding carboxylic acids is 3. The van der Waals surface area contributed by atoms with Gasteiger partial charge in [0.2, 0.25) is 15.9 Å². The van der Waals surface area contributed by atoms with Crippen LogP contribution in [0.3, 0.4) is 0 Å². The molecule has 13 heteroatoms. The number of hydrogen-bond acceptors (Lipinski definition) is 7. The Hall–Kier alpha value is -4.10. The topological polar surface area (TPSA) is 139 Å². The summed E-state index contributed by atoms with van der Waals surface area (Å²) in [7, 11) is -0.523. The molecule has 4 aliphatic heterocycles. The second-order valence-electron chi connectivity index (χ2n) is 16.7. The number of nitrogens with one attached hydrogen (secondary N) is 2. The number of amides is 4. The number of hydrogen-bond donors (Lipinski definition) is 2. The molecule has 4 amide bonds. The smallest absolute Gasteiger partial charge is 0.317 e. The predicted molar refractivity (Wildman–Crippen MR) is 199 cm³/mol. The summed E-state index contributed by atoms with van der Waals surface area (Å²) in [5, 5.41) is 3.00. The number of urea groups is 1. The maximum atomic E-state index is 15.1. The molecule has 282 valence electrons. The Kier molecular flexibility index (Phi) is 7.98. The van der Waals surface area contributed by atoms with E-state index in [9.17, 15) is 18.0 Å². The van der Waals surface area contributed by atoms with Crippen LogP contribution >= 0.6 is 0 Å². The van der Waals surface area contributed by atoms with Gasteiger partial charge in [-0.3, -0.25) is 9.59 Å². The molecule has 2 unspecified atom stereocenters. The van der Waals surface area contributed by atoms with Gasteiger partial charge in [0.1, 0.15) is 5.75 Å². The minimum atomic E-state index is -3.86. The van der Waals surface area contributed by atoms with Gasteiger partial charge in [0.25, 0.3) is 5.91 Å². The van der Waals surface area contributed by atoms with Gasteiger partial charge >= 0.3 is 6.03 Å². The first-order valence-electron chi connectivity index (χ1n) is 19.2. The third-order valence-electron chi connectivity index (χ3n) is 13.6. The predicted octanol–water partition coefficient (Wildman–Crippen LogP) is 4.33. The Labute approximate surface area is 310 Å². The number of allylic oxidation sites excluding steroid dienone is 4. The first-order chi connectivity index (χ1) is 25.4. The summed E-state index contributed by atoms with van der Waals surface area (Å²) < 4.78 is 42.4. The Morgan fingerprint density at radius 2 is 1.70 bits per heavy atom. The summed E-state index contributed by atoms with van der Waals surface area (Å²) in [4.78, 5) is 45.5. The van der Waals surface area contributed by atoms with Gasteiger partial charge in [-0.2, -0.15) is 0 Å². The van der Waals surface area contributed by atoms with Gasteiger partial charge < -0.3 is 29.2 Å². The van der Waals surface area contributed by atoms with Crippen LogP contribution in [0.25, 0.3) is 10.9 Å². The minimum Gasteiger partial charge on any atom is -0.496 e. The molecule has 3 saturated heterocycles. The average molecular weight is 744 g/mol. The zero-order chi connectivity index (χ0) is 37.0. The number of rotatable bonds is 6. The van der Waals surface area contributed by atoms with Crippen LogP contribution in [0.15, 0.2) is 52.6 Å². The average Bonchev–Trinajstić information content (AvgIpc) is 3.30. The van der Waals surface area contributed by atoms with Gasteiger partial charge in [0, 0.05) is 67.6 Å². The van der Waals surface area contributed by atoms with Gasteiger partial charge in [-0.05, 0) is 73.4 Å². The molecule has 9 rings (SSSR count). The van der Waals surface area contributed by atoms with Crippen molar-refractivity contribution >= 4 is 38.8 Å². The van der Waals surface area contributed by atoms with Crippen LogP contribution in [0, 0.1) is 16.7 Å². The van der Waals surface area contributed by atoms with Crippen LogP contribution in [0.2, 0.25) is 0 Å². The summed E-state index contributed by atoms with van der Waals surface area (Å²) in [5.74, 6) is -0.196. The van der Waals surface area contributed by atoms with E-state index in [1.165, 1.54) is 24.8 Å². The number of sulfonamides is 1. The summed E-state index contributed by atoms with van der Waals surface area (Å²) in [6, 6.07) is 6.37. The van der Waals surface area contributed by atoms with Crippen molar-refractivity contribution in [3.63, 3.8) is 0 Å². The van der Waals surface area contributed by atoms with Crippen molar-refractivity contribution < 1.29 is 32.3 Å². The molecule has 2 N–H and O–H groups in total. The lowest BCUT2D eigenvalue weighted by Gasteiger charge is -2.35. The fourth-order valence-electron chi connectivity index (χ4n) is 10.8. The molecule has 5 heterocycles. The molecule has 1 aromatic carbocycles. The lowest BCUT2D eigenvalue weighted by Crippen LogP contribution is -2.45. The highest BCUT2D eigenvalue weighted by Crippen LogP contribution is 2.58. The third kappa shape index (κ3) is 5.08. The first-order valence-corrected chi connectivity index (χ1v) is 20.7. The van der Waals surface area contributed by atoms with E-state index in [4.69, 9.17) is 9.47 Å². The number of methoxy groups -OCH3 is 1. The fraction of sp³-hybridized carbons (Fsp3) is 0.575. The first kappa shape index (κ1) is 34.7. The molecule has 3 aliphatic carbocycles. The summed E-state index contributed by atoms with van der Waals surface area (Å²) in [5.41, 5.74) is 5.63. The Balaban J connectivity index is 1.15. The molecule has 0 bridgehead atoms. The van der Waals surface area contributed by atoms with Crippen molar-refractivity contribution in [1.82, 2.24) is 24.4 Å². The van der Waals surface area contributed by atoms with E-state index in [0.29, 0.717) is 63.8 Å². The van der Waals surface area contributed by atoms with E-state index in [1.807, 2.05) is 22.0 Å². The Morgan fingerprint density at radius 1 is 1.00 bits per heavy atom. The van der Waals surface area contributed by atoms with Crippen molar-refractivity contribution in [1.29, 1.82) is 0 Å². The van der Waals surface area contributed by atoms with Gasteiger partial charge in [0.05, 0.1) is 42.6 Å². The van der Waals surface area contributed by atoms with Crippen molar-refractivity contribution in [2.75, 3.05) is 53.6 Å². The molecule has 2 aromatic rings. The largest absolute Gasteiger partial charge is 0.496 e. The standard InChI is InChI=1S/C40H49N5O7S/c1-23(2)53(49,50)42-36(46)34-29-16-45-30(15-28-31(51-4)14-13-25(35(28)45)24-9-6-5-7-10-24)32-26(33(29)34)11-8-12-27(32)37(47)43-17-39-19-44(38(48)41-3)20-40(39,18-43)22-52-21-39/h8,11,13-15,23-24,27,32H,5-7,9-10,12,16-22H2,1-4H3,(H,41,48)(H,42,46)/t27-,32-,39?,40?/m1/s1. The highest BCUT2D eigenvalue weighted by atomic mass is 32.2. The van der Waals surface area contributed by atoms with Gasteiger partial charge in [0.15, 0.2) is 0 Å². The van der Waals surface area contributed by atoms with Crippen LogP contribution in [0.5, 0.6) is 5.75 Å². The Morgan fingerprint density at radius 3 is 2.36 bits per heavy atom. The molecular formula is C40H49N5O7S. The maximum absolute atomic E-state index is 15.1. The van der Waals surface area contributed by atoms with E-state index in [-0.39, 0.29) is 28.7 Å². The Bertz CT molecular complexity index is 2140. The van der Waals surface area contributed by atoms with Crippen LogP contribution in [0.4, 0.5) is 4.79 Å². The lowest BCUT2D eigenvalue weighted by atomic mass is 9.71. The minimum absolute atomic E-state index is 0.0627. The molecule has 0 spiro atoms. The second kappa shape index (κ2) is 12.2. The highest BCUT2D eigenvalue weighted by molar-refractivity contribution is 7.90. The fourth-order valence-corrected chi connectivity index (χ4v) is 11.4. The third-order valence-corrected chi connectivity index (χ3v) is 15.3. The zero-order valence-corrected chi connectivity index (χ0v) is 31.8. The van der Waals surface area contributed by atoms with E-state index < -0.39 is 27.1 Å².